The smallest absolute Gasteiger partial charge is 0.309 e. The highest BCUT2D eigenvalue weighted by Gasteiger charge is 2.39. The Morgan fingerprint density at radius 2 is 0.705 bits per heavy atom. The SMILES string of the molecule is N#Cc1cccc(-n2c3ccc(-c4ccccc4)cc3c3cc(-c4ccccc4)ccc32)c1-c1cc(-c2ccc(C(F)(F)F)cc2C(F)(F)F)ccc1-n1c2ccc(-c3ccccc3)cc2c2cc(-c3ccccc3)ccc21. The molecule has 0 aliphatic carbocycles. The van der Waals surface area contributed by atoms with Gasteiger partial charge in [-0.05, 0) is 141 Å². The summed E-state index contributed by atoms with van der Waals surface area (Å²) in [5, 5.41) is 15.0. The van der Waals surface area contributed by atoms with E-state index in [2.05, 4.69) is 88.0 Å². The number of fused-ring (bicyclic) bond motifs is 6. The van der Waals surface area contributed by atoms with E-state index in [0.29, 0.717) is 28.6 Å². The van der Waals surface area contributed by atoms with Crippen molar-refractivity contribution in [2.75, 3.05) is 0 Å². The average molecular weight is 1030 g/mol. The minimum absolute atomic E-state index is 0.00853. The summed E-state index contributed by atoms with van der Waals surface area (Å²) in [5.74, 6) is 0. The molecule has 78 heavy (non-hydrogen) atoms. The van der Waals surface area contributed by atoms with Crippen molar-refractivity contribution in [3.05, 3.63) is 265 Å². The first kappa shape index (κ1) is 47.8. The van der Waals surface area contributed by atoms with Gasteiger partial charge in [-0.15, -0.1) is 0 Å². The van der Waals surface area contributed by atoms with Gasteiger partial charge in [-0.25, -0.2) is 0 Å². The molecule has 0 aliphatic rings. The molecule has 0 atom stereocenters. The third-order valence-corrected chi connectivity index (χ3v) is 14.8. The minimum Gasteiger partial charge on any atom is -0.309 e. The zero-order valence-electron chi connectivity index (χ0n) is 41.3. The molecule has 9 heteroatoms. The second kappa shape index (κ2) is 18.7. The van der Waals surface area contributed by atoms with Gasteiger partial charge in [0, 0.05) is 32.7 Å². The molecule has 11 aromatic carbocycles. The lowest BCUT2D eigenvalue weighted by Crippen LogP contribution is -2.12. The molecule has 2 heterocycles. The summed E-state index contributed by atoms with van der Waals surface area (Å²) < 4.78 is 92.4. The van der Waals surface area contributed by atoms with E-state index in [1.54, 1.807) is 24.3 Å². The monoisotopic (exact) mass is 1030 g/mol. The zero-order chi connectivity index (χ0) is 53.3. The first-order chi connectivity index (χ1) is 37.9. The molecule has 0 fully saturated rings. The molecule has 0 saturated heterocycles. The molecule has 0 aliphatic heterocycles. The molecule has 13 aromatic rings. The van der Waals surface area contributed by atoms with Crippen LogP contribution in [0.3, 0.4) is 0 Å². The molecule has 0 N–H and O–H groups in total. The molecule has 0 unspecified atom stereocenters. The lowest BCUT2D eigenvalue weighted by atomic mass is 9.90. The Morgan fingerprint density at radius 3 is 1.09 bits per heavy atom. The number of hydrogen-bond donors (Lipinski definition) is 0. The summed E-state index contributed by atoms with van der Waals surface area (Å²) in [5.41, 5.74) is 9.98. The molecule has 3 nitrogen and oxygen atoms in total. The Hall–Kier alpha value is -9.91. The van der Waals surface area contributed by atoms with Crippen LogP contribution in [0.2, 0.25) is 0 Å². The van der Waals surface area contributed by atoms with Crippen molar-refractivity contribution in [3.63, 3.8) is 0 Å². The van der Waals surface area contributed by atoms with Crippen LogP contribution < -0.4 is 0 Å². The number of aromatic nitrogens is 2. The molecule has 374 valence electrons. The normalized spacial score (nSPS) is 12.0. The molecular weight excluding hydrogens is 985 g/mol. The summed E-state index contributed by atoms with van der Waals surface area (Å²) in [6, 6.07) is 79.6. The van der Waals surface area contributed by atoms with Crippen LogP contribution >= 0.6 is 0 Å². The van der Waals surface area contributed by atoms with Gasteiger partial charge in [0.25, 0.3) is 0 Å². The lowest BCUT2D eigenvalue weighted by Gasteiger charge is -2.22. The first-order valence-electron chi connectivity index (χ1n) is 25.3. The predicted octanol–water partition coefficient (Wildman–Crippen LogP) is 19.8. The van der Waals surface area contributed by atoms with Crippen molar-refractivity contribution >= 4 is 43.6 Å². The van der Waals surface area contributed by atoms with Gasteiger partial charge >= 0.3 is 12.4 Å². The number of nitriles is 1. The Labute approximate surface area is 444 Å². The van der Waals surface area contributed by atoms with Gasteiger partial charge < -0.3 is 9.13 Å². The topological polar surface area (TPSA) is 33.6 Å². The van der Waals surface area contributed by atoms with Crippen molar-refractivity contribution in [2.45, 2.75) is 12.4 Å². The molecule has 0 radical (unpaired) electrons. The van der Waals surface area contributed by atoms with Crippen molar-refractivity contribution in [2.24, 2.45) is 0 Å². The number of benzene rings is 11. The fraction of sp³-hybridized carbons (Fsp3) is 0.0290. The van der Waals surface area contributed by atoms with Crippen molar-refractivity contribution < 1.29 is 26.3 Å². The molecule has 0 amide bonds. The highest BCUT2D eigenvalue weighted by Crippen LogP contribution is 2.48. The predicted molar refractivity (Wildman–Crippen MR) is 302 cm³/mol. The number of nitrogens with zero attached hydrogens (tertiary/aromatic N) is 3. The number of hydrogen-bond acceptors (Lipinski definition) is 1. The van der Waals surface area contributed by atoms with Crippen LogP contribution in [-0.2, 0) is 12.4 Å². The molecule has 0 saturated carbocycles. The van der Waals surface area contributed by atoms with E-state index < -0.39 is 29.0 Å². The lowest BCUT2D eigenvalue weighted by molar-refractivity contribution is -0.142. The Kier molecular flexibility index (Phi) is 11.5. The van der Waals surface area contributed by atoms with Crippen LogP contribution in [0.4, 0.5) is 26.3 Å². The maximum Gasteiger partial charge on any atom is 0.417 e. The van der Waals surface area contributed by atoms with E-state index in [0.717, 1.165) is 94.2 Å². The molecule has 0 spiro atoms. The van der Waals surface area contributed by atoms with Gasteiger partial charge in [0.05, 0.1) is 56.2 Å². The second-order valence-corrected chi connectivity index (χ2v) is 19.4. The van der Waals surface area contributed by atoms with Gasteiger partial charge in [-0.2, -0.15) is 31.6 Å². The van der Waals surface area contributed by atoms with E-state index in [1.807, 2.05) is 127 Å². The van der Waals surface area contributed by atoms with Crippen molar-refractivity contribution in [3.8, 4) is 84.2 Å². The first-order valence-corrected chi connectivity index (χ1v) is 25.3. The fourth-order valence-corrected chi connectivity index (χ4v) is 11.2. The Morgan fingerprint density at radius 1 is 0.308 bits per heavy atom. The highest BCUT2D eigenvalue weighted by atomic mass is 19.4. The van der Waals surface area contributed by atoms with Crippen LogP contribution in [0.15, 0.2) is 249 Å². The number of rotatable bonds is 8. The van der Waals surface area contributed by atoms with Gasteiger partial charge in [0.2, 0.25) is 0 Å². The standard InChI is InChI=1S/C69H41F6N3/c70-68(71,72)53-29-30-54(60(41-53)69(73,74)75)51-28-35-65(77-61-31-24-47(43-14-5-1-6-15-43)36-55(61)56-37-48(25-32-62(56)77)44-16-7-2-8-17-44)59(40-51)67-52(42-76)22-13-23-66(67)78-63-33-26-49(45-18-9-3-10-19-45)38-57(63)58-39-50(27-34-64(58)78)46-20-11-4-12-21-46/h1-41H. The summed E-state index contributed by atoms with van der Waals surface area (Å²) in [4.78, 5) is 0. The van der Waals surface area contributed by atoms with Gasteiger partial charge in [0.15, 0.2) is 0 Å². The molecule has 2 aromatic heterocycles. The number of halogens is 6. The molecule has 0 bridgehead atoms. The van der Waals surface area contributed by atoms with E-state index in [9.17, 15) is 18.4 Å². The van der Waals surface area contributed by atoms with E-state index in [1.165, 1.54) is 6.07 Å². The van der Waals surface area contributed by atoms with E-state index >= 15 is 13.2 Å². The van der Waals surface area contributed by atoms with Gasteiger partial charge in [-0.1, -0.05) is 164 Å². The molecule has 13 rings (SSSR count). The summed E-state index contributed by atoms with van der Waals surface area (Å²) in [6.45, 7) is 0. The van der Waals surface area contributed by atoms with Crippen LogP contribution in [-0.4, -0.2) is 9.13 Å². The maximum absolute atomic E-state index is 15.2. The Bertz CT molecular complexity index is 4320. The Balaban J connectivity index is 1.14. The third kappa shape index (κ3) is 8.26. The van der Waals surface area contributed by atoms with Crippen LogP contribution in [0.1, 0.15) is 16.7 Å². The van der Waals surface area contributed by atoms with E-state index in [4.69, 9.17) is 0 Å². The van der Waals surface area contributed by atoms with Crippen molar-refractivity contribution in [1.29, 1.82) is 5.26 Å². The summed E-state index contributed by atoms with van der Waals surface area (Å²) in [6.07, 6.45) is -10.2. The minimum atomic E-state index is -5.16. The third-order valence-electron chi connectivity index (χ3n) is 14.8. The summed E-state index contributed by atoms with van der Waals surface area (Å²) >= 11 is 0. The average Bonchev–Trinajstić information content (AvgIpc) is 4.06. The molecular formula is C69H41F6N3. The number of alkyl halides is 6. The fourth-order valence-electron chi connectivity index (χ4n) is 11.2. The largest absolute Gasteiger partial charge is 0.417 e. The second-order valence-electron chi connectivity index (χ2n) is 19.4. The van der Waals surface area contributed by atoms with Crippen molar-refractivity contribution in [1.82, 2.24) is 9.13 Å². The maximum atomic E-state index is 15.2. The van der Waals surface area contributed by atoms with Crippen LogP contribution in [0.5, 0.6) is 0 Å². The zero-order valence-corrected chi connectivity index (χ0v) is 41.3. The summed E-state index contributed by atoms with van der Waals surface area (Å²) in [7, 11) is 0. The van der Waals surface area contributed by atoms with Crippen LogP contribution in [0, 0.1) is 11.3 Å². The quantitative estimate of drug-likeness (QED) is 0.140. The van der Waals surface area contributed by atoms with Gasteiger partial charge in [-0.3, -0.25) is 0 Å². The van der Waals surface area contributed by atoms with Crippen LogP contribution in [0.25, 0.3) is 122 Å². The van der Waals surface area contributed by atoms with Gasteiger partial charge in [0.1, 0.15) is 0 Å². The van der Waals surface area contributed by atoms with E-state index in [-0.39, 0.29) is 17.2 Å². The highest BCUT2D eigenvalue weighted by molar-refractivity contribution is 6.14.